The first-order chi connectivity index (χ1) is 16.5. The Bertz CT molecular complexity index is 872. The van der Waals surface area contributed by atoms with E-state index in [-0.39, 0.29) is 38.2 Å². The van der Waals surface area contributed by atoms with E-state index < -0.39 is 0 Å². The minimum atomic E-state index is -0.369. The number of halogens is 1. The molecule has 2 rings (SSSR count). The highest BCUT2D eigenvalue weighted by molar-refractivity contribution is 5.33. The molecule has 0 aliphatic carbocycles. The lowest BCUT2D eigenvalue weighted by atomic mass is 10.1. The van der Waals surface area contributed by atoms with Gasteiger partial charge in [0.15, 0.2) is 0 Å². The lowest BCUT2D eigenvalue weighted by Crippen LogP contribution is -3.00. The molecule has 0 aliphatic heterocycles. The molecule has 0 amide bonds. The van der Waals surface area contributed by atoms with Crippen molar-refractivity contribution in [2.24, 2.45) is 0 Å². The summed E-state index contributed by atoms with van der Waals surface area (Å²) < 4.78 is 7.50. The third kappa shape index (κ3) is 12.0. The van der Waals surface area contributed by atoms with Crippen LogP contribution in [-0.4, -0.2) is 73.3 Å². The van der Waals surface area contributed by atoms with Gasteiger partial charge in [-0.05, 0) is 49.9 Å². The third-order valence-electron chi connectivity index (χ3n) is 6.12. The van der Waals surface area contributed by atoms with E-state index in [1.165, 1.54) is 0 Å². The van der Waals surface area contributed by atoms with E-state index in [9.17, 15) is 20.2 Å². The Balaban J connectivity index is 0.00000648. The van der Waals surface area contributed by atoms with E-state index >= 15 is 0 Å². The van der Waals surface area contributed by atoms with E-state index in [1.54, 1.807) is 24.3 Å². The highest BCUT2D eigenvalue weighted by Gasteiger charge is 2.17. The van der Waals surface area contributed by atoms with Crippen LogP contribution >= 0.6 is 0 Å². The first-order valence-electron chi connectivity index (χ1n) is 12.2. The summed E-state index contributed by atoms with van der Waals surface area (Å²) in [5, 5.41) is 21.6. The van der Waals surface area contributed by atoms with Crippen LogP contribution in [0, 0.1) is 20.2 Å². The molecule has 0 aliphatic rings. The Kier molecular flexibility index (Phi) is 13.2. The molecule has 0 saturated carbocycles. The van der Waals surface area contributed by atoms with Gasteiger partial charge < -0.3 is 30.7 Å². The van der Waals surface area contributed by atoms with Gasteiger partial charge in [-0.15, -0.1) is 0 Å². The Hall–Kier alpha value is -2.40. The Labute approximate surface area is 224 Å². The van der Waals surface area contributed by atoms with Crippen molar-refractivity contribution < 1.29 is 40.5 Å². The number of benzene rings is 2. The zero-order chi connectivity index (χ0) is 25.9. The molecule has 0 aromatic heterocycles. The average molecular weight is 569 g/mol. The minimum Gasteiger partial charge on any atom is -1.00 e. The fraction of sp³-hybridized carbons (Fsp3) is 0.538. The number of hydrogen-bond donors (Lipinski definition) is 0. The zero-order valence-electron chi connectivity index (χ0n) is 21.9. The number of hydrogen-bond acceptors (Lipinski definition) is 5. The van der Waals surface area contributed by atoms with Crippen molar-refractivity contribution in [3.05, 3.63) is 79.9 Å². The largest absolute Gasteiger partial charge is 1.00 e. The molecule has 9 nitrogen and oxygen atoms in total. The third-order valence-corrected chi connectivity index (χ3v) is 6.12. The fourth-order valence-corrected chi connectivity index (χ4v) is 4.18. The molecule has 36 heavy (non-hydrogen) atoms. The zero-order valence-corrected chi connectivity index (χ0v) is 23.5. The van der Waals surface area contributed by atoms with Gasteiger partial charge in [-0.2, -0.15) is 0 Å². The Morgan fingerprint density at radius 1 is 0.639 bits per heavy atom. The van der Waals surface area contributed by atoms with E-state index in [0.717, 1.165) is 85.2 Å². The molecule has 2 aromatic rings. The van der Waals surface area contributed by atoms with Gasteiger partial charge in [0.05, 0.1) is 51.1 Å². The van der Waals surface area contributed by atoms with Gasteiger partial charge in [-0.3, -0.25) is 20.2 Å². The maximum atomic E-state index is 10.8. The molecule has 0 saturated heterocycles. The quantitative estimate of drug-likeness (QED) is 0.134. The van der Waals surface area contributed by atoms with Crippen LogP contribution in [0.4, 0.5) is 11.4 Å². The molecule has 0 radical (unpaired) electrons. The minimum absolute atomic E-state index is 0. The molecule has 0 heterocycles. The Morgan fingerprint density at radius 3 is 1.28 bits per heavy atom. The molecule has 0 bridgehead atoms. The molecular weight excluding hydrogens is 528 g/mol. The number of rotatable bonds is 16. The van der Waals surface area contributed by atoms with Crippen molar-refractivity contribution in [3.8, 4) is 0 Å². The summed E-state index contributed by atoms with van der Waals surface area (Å²) in [6, 6.07) is 13.6. The maximum absolute atomic E-state index is 10.8. The lowest BCUT2D eigenvalue weighted by Gasteiger charge is -2.30. The van der Waals surface area contributed by atoms with Crippen LogP contribution in [0.2, 0.25) is 0 Å². The summed E-state index contributed by atoms with van der Waals surface area (Å²) in [4.78, 5) is 20.8. The van der Waals surface area contributed by atoms with Crippen LogP contribution < -0.4 is 17.0 Å². The molecule has 0 spiro atoms. The monoisotopic (exact) mass is 567 g/mol. The SMILES string of the molecule is C[N+](C)(CCCCOCCCC[N+](C)(C)Cc1ccc([N+](=O)[O-])cc1)Cc1ccc([N+](=O)[O-])cc1.[Br-]. The molecule has 0 fully saturated rings. The van der Waals surface area contributed by atoms with Crippen LogP contribution in [0.5, 0.6) is 0 Å². The predicted octanol–water partition coefficient (Wildman–Crippen LogP) is 1.94. The van der Waals surface area contributed by atoms with Crippen molar-refractivity contribution >= 4 is 11.4 Å². The van der Waals surface area contributed by atoms with Crippen molar-refractivity contribution in [1.29, 1.82) is 0 Å². The van der Waals surface area contributed by atoms with Crippen LogP contribution in [-0.2, 0) is 17.8 Å². The summed E-state index contributed by atoms with van der Waals surface area (Å²) in [7, 11) is 8.72. The summed E-state index contributed by atoms with van der Waals surface area (Å²) in [5.74, 6) is 0. The molecule has 200 valence electrons. The number of unbranched alkanes of at least 4 members (excludes halogenated alkanes) is 2. The van der Waals surface area contributed by atoms with Gasteiger partial charge in [0.25, 0.3) is 11.4 Å². The highest BCUT2D eigenvalue weighted by atomic mass is 79.9. The van der Waals surface area contributed by atoms with Crippen molar-refractivity contribution in [3.63, 3.8) is 0 Å². The lowest BCUT2D eigenvalue weighted by molar-refractivity contribution is -0.903. The van der Waals surface area contributed by atoms with Crippen LogP contribution in [0.25, 0.3) is 0 Å². The van der Waals surface area contributed by atoms with Crippen molar-refractivity contribution in [2.75, 3.05) is 54.5 Å². The van der Waals surface area contributed by atoms with Gasteiger partial charge in [-0.1, -0.05) is 0 Å². The number of nitro benzene ring substituents is 2. The van der Waals surface area contributed by atoms with E-state index in [4.69, 9.17) is 4.74 Å². The van der Waals surface area contributed by atoms with Gasteiger partial charge >= 0.3 is 0 Å². The summed E-state index contributed by atoms with van der Waals surface area (Å²) >= 11 is 0. The molecule has 2 aromatic carbocycles. The van der Waals surface area contributed by atoms with Crippen LogP contribution in [0.15, 0.2) is 48.5 Å². The number of non-ortho nitro benzene ring substituents is 2. The summed E-state index contributed by atoms with van der Waals surface area (Å²) in [5.41, 5.74) is 2.46. The van der Waals surface area contributed by atoms with Gasteiger partial charge in [0.2, 0.25) is 0 Å². The molecule has 0 unspecified atom stereocenters. The predicted molar refractivity (Wildman–Crippen MR) is 137 cm³/mol. The number of quaternary nitrogens is 2. The highest BCUT2D eigenvalue weighted by Crippen LogP contribution is 2.17. The van der Waals surface area contributed by atoms with Crippen molar-refractivity contribution in [1.82, 2.24) is 0 Å². The van der Waals surface area contributed by atoms with Crippen LogP contribution in [0.1, 0.15) is 36.8 Å². The number of nitro groups is 2. The van der Waals surface area contributed by atoms with Crippen molar-refractivity contribution in [2.45, 2.75) is 38.8 Å². The molecular formula is C26H40BrN4O5+. The van der Waals surface area contributed by atoms with Gasteiger partial charge in [0.1, 0.15) is 13.1 Å². The normalized spacial score (nSPS) is 11.7. The molecule has 0 N–H and O–H groups in total. The maximum Gasteiger partial charge on any atom is 0.269 e. The van der Waals surface area contributed by atoms with Gasteiger partial charge in [-0.25, -0.2) is 0 Å². The number of ether oxygens (including phenoxy) is 1. The molecule has 10 heteroatoms. The smallest absolute Gasteiger partial charge is 0.269 e. The average Bonchev–Trinajstić information content (AvgIpc) is 2.78. The van der Waals surface area contributed by atoms with E-state index in [1.807, 2.05) is 24.3 Å². The van der Waals surface area contributed by atoms with E-state index in [0.29, 0.717) is 0 Å². The summed E-state index contributed by atoms with van der Waals surface area (Å²) in [6.45, 7) is 5.25. The summed E-state index contributed by atoms with van der Waals surface area (Å²) in [6.07, 6.45) is 4.17. The first kappa shape index (κ1) is 31.6. The standard InChI is InChI=1S/C26H40N4O5.BrH/c1-29(2,21-23-9-13-25(14-10-23)27(31)32)17-5-7-19-35-20-8-6-18-30(3,4)22-24-11-15-26(16-12-24)28(33)34;/h9-16H,5-8,17-22H2,1-4H3;1H/q+2;/p-1. The van der Waals surface area contributed by atoms with Crippen LogP contribution in [0.3, 0.4) is 0 Å². The second kappa shape index (κ2) is 15.0. The number of nitrogens with zero attached hydrogens (tertiary/aromatic N) is 4. The second-order valence-electron chi connectivity index (χ2n) is 10.5. The second-order valence-corrected chi connectivity index (χ2v) is 10.5. The first-order valence-corrected chi connectivity index (χ1v) is 12.2. The molecule has 0 atom stereocenters. The fourth-order valence-electron chi connectivity index (χ4n) is 4.18. The topological polar surface area (TPSA) is 95.5 Å². The Morgan fingerprint density at radius 2 is 0.972 bits per heavy atom. The van der Waals surface area contributed by atoms with E-state index in [2.05, 4.69) is 28.2 Å². The van der Waals surface area contributed by atoms with Gasteiger partial charge in [0, 0.05) is 48.6 Å².